The average molecular weight is 472 g/mol. The second-order valence-corrected chi connectivity index (χ2v) is 7.57. The van der Waals surface area contributed by atoms with Gasteiger partial charge in [-0.2, -0.15) is 11.1 Å². The Bertz CT molecular complexity index is 1100. The number of hydrogen-bond donors (Lipinski definition) is 0. The monoisotopic (exact) mass is 472 g/mol. The van der Waals surface area contributed by atoms with Crippen LogP contribution in [0.4, 0.5) is 0 Å². The van der Waals surface area contributed by atoms with Crippen LogP contribution in [-0.4, -0.2) is 0 Å². The molecule has 33 heavy (non-hydrogen) atoms. The van der Waals surface area contributed by atoms with Gasteiger partial charge in [-0.25, -0.2) is 12.2 Å². The molecule has 0 fully saturated rings. The van der Waals surface area contributed by atoms with Crippen molar-refractivity contribution in [2.24, 2.45) is 0 Å². The molecule has 2 aliphatic rings. The van der Waals surface area contributed by atoms with Crippen molar-refractivity contribution >= 4 is 12.2 Å². The largest absolute Gasteiger partial charge is 4.00 e. The Kier molecular flexibility index (Phi) is 9.55. The molecular formula is C30H22CrF2. The average Bonchev–Trinajstić information content (AvgIpc) is 3.45. The predicted octanol–water partition coefficient (Wildman–Crippen LogP) is 1.30. The minimum absolute atomic E-state index is 0. The molecule has 162 valence electrons. The third-order valence-corrected chi connectivity index (χ3v) is 5.69. The summed E-state index contributed by atoms with van der Waals surface area (Å²) in [6.45, 7) is 0. The van der Waals surface area contributed by atoms with Crippen LogP contribution in [0, 0.1) is 12.2 Å². The minimum atomic E-state index is 0. The first-order valence-corrected chi connectivity index (χ1v) is 10.4. The van der Waals surface area contributed by atoms with Crippen molar-refractivity contribution in [1.29, 1.82) is 0 Å². The first kappa shape index (κ1) is 26.0. The molecule has 4 aromatic rings. The van der Waals surface area contributed by atoms with Gasteiger partial charge in [0.05, 0.1) is 0 Å². The van der Waals surface area contributed by atoms with Crippen LogP contribution >= 0.6 is 0 Å². The molecular weight excluding hydrogens is 450 g/mol. The summed E-state index contributed by atoms with van der Waals surface area (Å²) < 4.78 is 0. The van der Waals surface area contributed by atoms with Crippen LogP contribution in [0.3, 0.4) is 0 Å². The fourth-order valence-electron chi connectivity index (χ4n) is 4.18. The standard InChI is InChI=1S/2C15H11.Cr.2FH/c2*1-2-6-12(7-3-1)15-11-10-13-8-4-5-9-14(13)15;;;/h2*1-10,15H;;2*1H/q2*-1;+4;;/p-2. The molecule has 0 spiro atoms. The van der Waals surface area contributed by atoms with Crippen LogP contribution in [0.2, 0.25) is 0 Å². The Hall–Kier alpha value is -3.25. The Labute approximate surface area is 205 Å². The molecule has 3 heteroatoms. The zero-order valence-electron chi connectivity index (χ0n) is 17.9. The van der Waals surface area contributed by atoms with Crippen LogP contribution in [0.1, 0.15) is 45.2 Å². The van der Waals surface area contributed by atoms with Gasteiger partial charge in [0, 0.05) is 0 Å². The van der Waals surface area contributed by atoms with Crippen LogP contribution in [0.25, 0.3) is 12.2 Å². The van der Waals surface area contributed by atoms with Gasteiger partial charge in [0.1, 0.15) is 0 Å². The molecule has 0 N–H and O–H groups in total. The summed E-state index contributed by atoms with van der Waals surface area (Å²) in [6, 6.07) is 38.1. The van der Waals surface area contributed by atoms with Gasteiger partial charge in [-0.1, -0.05) is 120 Å². The van der Waals surface area contributed by atoms with Crippen LogP contribution in [0.5, 0.6) is 0 Å². The summed E-state index contributed by atoms with van der Waals surface area (Å²) >= 11 is 0. The summed E-state index contributed by atoms with van der Waals surface area (Å²) in [5, 5.41) is 0. The van der Waals surface area contributed by atoms with E-state index in [0.29, 0.717) is 11.8 Å². The summed E-state index contributed by atoms with van der Waals surface area (Å²) in [5.74, 6) is 0.643. The van der Waals surface area contributed by atoms with Gasteiger partial charge in [-0.15, -0.1) is 23.3 Å². The van der Waals surface area contributed by atoms with E-state index < -0.39 is 0 Å². The number of fused-ring (bicyclic) bond motifs is 2. The molecule has 0 aliphatic heterocycles. The Morgan fingerprint density at radius 1 is 0.424 bits per heavy atom. The molecule has 2 unspecified atom stereocenters. The molecule has 0 radical (unpaired) electrons. The van der Waals surface area contributed by atoms with E-state index in [9.17, 15) is 0 Å². The summed E-state index contributed by atoms with van der Waals surface area (Å²) in [6.07, 6.45) is 11.0. The van der Waals surface area contributed by atoms with Gasteiger partial charge in [0.25, 0.3) is 0 Å². The SMILES string of the molecule is [C-]1=Cc2ccccc2C1c1ccccc1.[C-]1=Cc2ccccc2C1c1ccccc1.[Cr+4].[F-].[F-]. The van der Waals surface area contributed by atoms with E-state index >= 15 is 0 Å². The van der Waals surface area contributed by atoms with Gasteiger partial charge in [-0.3, -0.25) is 12.2 Å². The van der Waals surface area contributed by atoms with E-state index in [1.54, 1.807) is 0 Å². The van der Waals surface area contributed by atoms with Crippen LogP contribution < -0.4 is 9.41 Å². The van der Waals surface area contributed by atoms with Crippen molar-refractivity contribution in [1.82, 2.24) is 0 Å². The maximum atomic E-state index is 3.41. The normalized spacial score (nSPS) is 16.1. The second-order valence-electron chi connectivity index (χ2n) is 7.57. The molecule has 0 saturated carbocycles. The van der Waals surface area contributed by atoms with E-state index in [-0.39, 0.29) is 26.8 Å². The topological polar surface area (TPSA) is 0 Å². The molecule has 6 rings (SSSR count). The molecule has 0 amide bonds. The zero-order chi connectivity index (χ0) is 20.2. The number of hydrogen-bond acceptors (Lipinski definition) is 0. The number of allylic oxidation sites excluding steroid dienone is 2. The van der Waals surface area contributed by atoms with E-state index in [1.165, 1.54) is 33.4 Å². The van der Waals surface area contributed by atoms with Crippen molar-refractivity contribution in [3.8, 4) is 0 Å². The van der Waals surface area contributed by atoms with E-state index in [4.69, 9.17) is 0 Å². The molecule has 0 aromatic heterocycles. The number of rotatable bonds is 2. The minimum Gasteiger partial charge on any atom is -1.00 e. The fourth-order valence-corrected chi connectivity index (χ4v) is 4.18. The molecule has 0 saturated heterocycles. The van der Waals surface area contributed by atoms with E-state index in [2.05, 4.69) is 121 Å². The Morgan fingerprint density at radius 2 is 0.758 bits per heavy atom. The zero-order valence-corrected chi connectivity index (χ0v) is 19.1. The van der Waals surface area contributed by atoms with Crippen LogP contribution in [-0.2, 0) is 17.4 Å². The van der Waals surface area contributed by atoms with Crippen molar-refractivity contribution in [3.05, 3.63) is 155 Å². The Balaban J connectivity index is 0.000000214. The van der Waals surface area contributed by atoms with Gasteiger partial charge in [-0.05, 0) is 0 Å². The van der Waals surface area contributed by atoms with Gasteiger partial charge in [0.2, 0.25) is 0 Å². The summed E-state index contributed by atoms with van der Waals surface area (Å²) in [5.41, 5.74) is 7.96. The predicted molar refractivity (Wildman–Crippen MR) is 125 cm³/mol. The molecule has 2 aliphatic carbocycles. The molecule has 4 aromatic carbocycles. The number of benzene rings is 4. The third kappa shape index (κ3) is 5.58. The molecule has 2 atom stereocenters. The smallest absolute Gasteiger partial charge is 1.00 e. The quantitative estimate of drug-likeness (QED) is 0.386. The maximum absolute atomic E-state index is 3.41. The van der Waals surface area contributed by atoms with Gasteiger partial charge in [0.15, 0.2) is 0 Å². The molecule has 0 bridgehead atoms. The number of halogens is 2. The first-order chi connectivity index (χ1) is 14.9. The summed E-state index contributed by atoms with van der Waals surface area (Å²) in [7, 11) is 0. The maximum Gasteiger partial charge on any atom is 4.00 e. The van der Waals surface area contributed by atoms with Gasteiger partial charge < -0.3 is 9.41 Å². The van der Waals surface area contributed by atoms with Crippen molar-refractivity contribution in [3.63, 3.8) is 0 Å². The molecule has 0 heterocycles. The second kappa shape index (κ2) is 12.1. The van der Waals surface area contributed by atoms with Crippen molar-refractivity contribution < 1.29 is 26.8 Å². The van der Waals surface area contributed by atoms with Crippen LogP contribution in [0.15, 0.2) is 109 Å². The van der Waals surface area contributed by atoms with Gasteiger partial charge >= 0.3 is 17.4 Å². The molecule has 0 nitrogen and oxygen atoms in total. The fraction of sp³-hybridized carbons (Fsp3) is 0.0667. The van der Waals surface area contributed by atoms with Crippen molar-refractivity contribution in [2.45, 2.75) is 11.8 Å². The first-order valence-electron chi connectivity index (χ1n) is 10.4. The third-order valence-electron chi connectivity index (χ3n) is 5.69. The Morgan fingerprint density at radius 3 is 1.15 bits per heavy atom. The van der Waals surface area contributed by atoms with Crippen molar-refractivity contribution in [2.75, 3.05) is 0 Å². The summed E-state index contributed by atoms with van der Waals surface area (Å²) in [4.78, 5) is 0. The van der Waals surface area contributed by atoms with E-state index in [0.717, 1.165) is 0 Å². The van der Waals surface area contributed by atoms with E-state index in [1.807, 2.05) is 12.1 Å².